The second kappa shape index (κ2) is 7.24. The van der Waals surface area contributed by atoms with Crippen molar-refractivity contribution in [1.82, 2.24) is 0 Å². The van der Waals surface area contributed by atoms with Crippen LogP contribution < -0.4 is 4.90 Å². The molecule has 0 bridgehead atoms. The number of nitrogens with zero attached hydrogens (tertiary/aromatic N) is 1. The van der Waals surface area contributed by atoms with Gasteiger partial charge in [-0.1, -0.05) is 54.0 Å². The number of hydrogen-bond donors (Lipinski definition) is 0. The highest BCUT2D eigenvalue weighted by molar-refractivity contribution is 9.10. The molecule has 150 valence electrons. The van der Waals surface area contributed by atoms with Gasteiger partial charge in [-0.3, -0.25) is 14.5 Å². The number of amides is 1. The molecule has 29 heavy (non-hydrogen) atoms. The Labute approximate surface area is 180 Å². The van der Waals surface area contributed by atoms with Crippen LogP contribution in [0, 0.1) is 19.3 Å². The Morgan fingerprint density at radius 1 is 1.00 bits per heavy atom. The maximum atomic E-state index is 13.5. The van der Waals surface area contributed by atoms with E-state index in [-0.39, 0.29) is 23.0 Å². The van der Waals surface area contributed by atoms with E-state index in [4.69, 9.17) is 0 Å². The van der Waals surface area contributed by atoms with Crippen molar-refractivity contribution < 1.29 is 9.59 Å². The van der Waals surface area contributed by atoms with E-state index in [2.05, 4.69) is 35.8 Å². The van der Waals surface area contributed by atoms with E-state index >= 15 is 0 Å². The van der Waals surface area contributed by atoms with Gasteiger partial charge in [0.2, 0.25) is 5.91 Å². The van der Waals surface area contributed by atoms with Gasteiger partial charge in [-0.25, -0.2) is 0 Å². The maximum absolute atomic E-state index is 13.5. The number of Topliss-reactive ketones (excluding diaryl/α,β-unsaturated/α-hetero) is 1. The third-order valence-corrected chi connectivity index (χ3v) is 6.61. The first kappa shape index (κ1) is 20.1. The summed E-state index contributed by atoms with van der Waals surface area (Å²) in [5.74, 6) is 0.0257. The normalized spacial score (nSPS) is 21.4. The van der Waals surface area contributed by atoms with E-state index < -0.39 is 0 Å². The molecule has 0 fully saturated rings. The van der Waals surface area contributed by atoms with Crippen molar-refractivity contribution in [2.45, 2.75) is 52.9 Å². The van der Waals surface area contributed by atoms with Crippen molar-refractivity contribution in [3.63, 3.8) is 0 Å². The molecule has 1 heterocycles. The van der Waals surface area contributed by atoms with Crippen LogP contribution in [0.2, 0.25) is 0 Å². The number of carbonyl (C=O) groups is 2. The van der Waals surface area contributed by atoms with E-state index in [0.29, 0.717) is 19.3 Å². The molecule has 1 unspecified atom stereocenters. The predicted molar refractivity (Wildman–Crippen MR) is 120 cm³/mol. The molecular weight excluding hydrogens is 426 g/mol. The lowest BCUT2D eigenvalue weighted by atomic mass is 9.69. The van der Waals surface area contributed by atoms with Crippen LogP contribution >= 0.6 is 15.9 Å². The van der Waals surface area contributed by atoms with Gasteiger partial charge in [0.15, 0.2) is 5.78 Å². The highest BCUT2D eigenvalue weighted by Crippen LogP contribution is 2.49. The van der Waals surface area contributed by atoms with Crippen molar-refractivity contribution in [1.29, 1.82) is 0 Å². The number of aryl methyl sites for hydroxylation is 2. The van der Waals surface area contributed by atoms with Crippen LogP contribution in [0.25, 0.3) is 0 Å². The average Bonchev–Trinajstić information content (AvgIpc) is 2.59. The van der Waals surface area contributed by atoms with E-state index in [1.54, 1.807) is 0 Å². The highest BCUT2D eigenvalue weighted by atomic mass is 79.9. The summed E-state index contributed by atoms with van der Waals surface area (Å²) in [6.45, 7) is 8.31. The number of rotatable bonds is 2. The SMILES string of the molecule is Cc1cc(C)cc(N2C(=O)CC(c3ccccc3Br)C3=C2CC(C)(C)CC3=O)c1. The summed E-state index contributed by atoms with van der Waals surface area (Å²) in [5, 5.41) is 0. The Morgan fingerprint density at radius 2 is 1.66 bits per heavy atom. The summed E-state index contributed by atoms with van der Waals surface area (Å²) in [5.41, 5.74) is 5.65. The van der Waals surface area contributed by atoms with Crippen LogP contribution in [0.15, 0.2) is 58.2 Å². The molecule has 0 spiro atoms. The Hall–Kier alpha value is -2.20. The van der Waals surface area contributed by atoms with Gasteiger partial charge in [-0.2, -0.15) is 0 Å². The van der Waals surface area contributed by atoms with Gasteiger partial charge in [-0.15, -0.1) is 0 Å². The first-order chi connectivity index (χ1) is 13.7. The molecule has 2 aromatic carbocycles. The average molecular weight is 452 g/mol. The third kappa shape index (κ3) is 3.71. The third-order valence-electron chi connectivity index (χ3n) is 5.89. The zero-order valence-electron chi connectivity index (χ0n) is 17.4. The van der Waals surface area contributed by atoms with Gasteiger partial charge in [0.05, 0.1) is 0 Å². The number of carbonyl (C=O) groups excluding carboxylic acids is 2. The number of allylic oxidation sites excluding steroid dienone is 2. The fourth-order valence-electron chi connectivity index (χ4n) is 4.82. The largest absolute Gasteiger partial charge is 0.294 e. The first-order valence-corrected chi connectivity index (χ1v) is 10.9. The molecule has 1 atom stereocenters. The van der Waals surface area contributed by atoms with Crippen LogP contribution in [-0.2, 0) is 9.59 Å². The lowest BCUT2D eigenvalue weighted by Gasteiger charge is -2.43. The molecule has 1 amide bonds. The summed E-state index contributed by atoms with van der Waals surface area (Å²) in [6.07, 6.45) is 1.54. The summed E-state index contributed by atoms with van der Waals surface area (Å²) in [7, 11) is 0. The van der Waals surface area contributed by atoms with E-state index in [0.717, 1.165) is 38.1 Å². The molecule has 2 aromatic rings. The molecule has 0 saturated heterocycles. The second-order valence-corrected chi connectivity index (χ2v) is 10.0. The Morgan fingerprint density at radius 3 is 2.31 bits per heavy atom. The number of halogens is 1. The smallest absolute Gasteiger partial charge is 0.232 e. The summed E-state index contributed by atoms with van der Waals surface area (Å²) in [4.78, 5) is 28.6. The minimum Gasteiger partial charge on any atom is -0.294 e. The van der Waals surface area contributed by atoms with Gasteiger partial charge < -0.3 is 0 Å². The van der Waals surface area contributed by atoms with Gasteiger partial charge in [0, 0.05) is 40.2 Å². The molecule has 1 aliphatic carbocycles. The van der Waals surface area contributed by atoms with Crippen molar-refractivity contribution in [2.75, 3.05) is 4.90 Å². The standard InChI is InChI=1S/C25H26BrNO2/c1-15-9-16(2)11-17(10-15)27-21-13-25(3,4)14-22(28)24(21)19(12-23(27)29)18-7-5-6-8-20(18)26/h5-11,19H,12-14H2,1-4H3. The molecular formula is C25H26BrNO2. The molecule has 3 nitrogen and oxygen atoms in total. The Balaban J connectivity index is 1.94. The van der Waals surface area contributed by atoms with Crippen LogP contribution in [-0.4, -0.2) is 11.7 Å². The van der Waals surface area contributed by atoms with Crippen molar-refractivity contribution >= 4 is 33.3 Å². The molecule has 0 saturated carbocycles. The van der Waals surface area contributed by atoms with Gasteiger partial charge >= 0.3 is 0 Å². The van der Waals surface area contributed by atoms with Crippen molar-refractivity contribution in [3.05, 3.63) is 74.9 Å². The lowest BCUT2D eigenvalue weighted by Crippen LogP contribution is -2.43. The van der Waals surface area contributed by atoms with Crippen LogP contribution in [0.4, 0.5) is 5.69 Å². The zero-order valence-corrected chi connectivity index (χ0v) is 19.0. The minimum atomic E-state index is -0.196. The minimum absolute atomic E-state index is 0.0556. The maximum Gasteiger partial charge on any atom is 0.232 e. The summed E-state index contributed by atoms with van der Waals surface area (Å²) < 4.78 is 0.946. The monoisotopic (exact) mass is 451 g/mol. The molecule has 2 aliphatic rings. The van der Waals surface area contributed by atoms with E-state index in [1.807, 2.05) is 55.1 Å². The van der Waals surface area contributed by atoms with E-state index in [9.17, 15) is 9.59 Å². The van der Waals surface area contributed by atoms with E-state index in [1.165, 1.54) is 0 Å². The molecule has 0 radical (unpaired) electrons. The van der Waals surface area contributed by atoms with Gasteiger partial charge in [0.1, 0.15) is 0 Å². The summed E-state index contributed by atoms with van der Waals surface area (Å²) >= 11 is 3.63. The fourth-order valence-corrected chi connectivity index (χ4v) is 5.38. The van der Waals surface area contributed by atoms with Crippen LogP contribution in [0.3, 0.4) is 0 Å². The zero-order chi connectivity index (χ0) is 20.9. The molecule has 0 N–H and O–H groups in total. The number of anilines is 1. The molecule has 4 rings (SSSR count). The van der Waals surface area contributed by atoms with Crippen molar-refractivity contribution in [3.8, 4) is 0 Å². The predicted octanol–water partition coefficient (Wildman–Crippen LogP) is 6.23. The Bertz CT molecular complexity index is 1030. The van der Waals surface area contributed by atoms with Gasteiger partial charge in [0.25, 0.3) is 0 Å². The molecule has 0 aromatic heterocycles. The number of hydrogen-bond acceptors (Lipinski definition) is 2. The first-order valence-electron chi connectivity index (χ1n) is 10.1. The lowest BCUT2D eigenvalue weighted by molar-refractivity contribution is -0.121. The second-order valence-electron chi connectivity index (χ2n) is 9.15. The summed E-state index contributed by atoms with van der Waals surface area (Å²) in [6, 6.07) is 14.1. The fraction of sp³-hybridized carbons (Fsp3) is 0.360. The van der Waals surface area contributed by atoms with Crippen molar-refractivity contribution in [2.24, 2.45) is 5.41 Å². The Kier molecular flexibility index (Phi) is 5.02. The van der Waals surface area contributed by atoms with Gasteiger partial charge in [-0.05, 0) is 60.6 Å². The number of benzene rings is 2. The highest BCUT2D eigenvalue weighted by Gasteiger charge is 2.44. The number of ketones is 1. The molecule has 4 heteroatoms. The topological polar surface area (TPSA) is 37.4 Å². The quantitative estimate of drug-likeness (QED) is 0.542. The van der Waals surface area contributed by atoms with Crippen LogP contribution in [0.1, 0.15) is 55.7 Å². The van der Waals surface area contributed by atoms with Crippen LogP contribution in [0.5, 0.6) is 0 Å². The molecule has 1 aliphatic heterocycles.